The van der Waals surface area contributed by atoms with Gasteiger partial charge in [0.1, 0.15) is 6.17 Å². The van der Waals surface area contributed by atoms with Gasteiger partial charge < -0.3 is 14.7 Å². The molecule has 2 unspecified atom stereocenters. The van der Waals surface area contributed by atoms with E-state index in [0.717, 1.165) is 42.3 Å². The molecule has 0 fully saturated rings. The second kappa shape index (κ2) is 11.8. The van der Waals surface area contributed by atoms with Crippen LogP contribution in [0.15, 0.2) is 95.8 Å². The van der Waals surface area contributed by atoms with Gasteiger partial charge in [-0.1, -0.05) is 107 Å². The molecule has 1 N–H and O–H groups in total. The van der Waals surface area contributed by atoms with Crippen LogP contribution in [0, 0.1) is 11.8 Å². The number of aliphatic imine (C=N–C) groups is 1. The fourth-order valence-electron chi connectivity index (χ4n) is 5.99. The summed E-state index contributed by atoms with van der Waals surface area (Å²) in [5.74, 6) is 2.65. The third-order valence-corrected chi connectivity index (χ3v) is 8.13. The van der Waals surface area contributed by atoms with Crippen molar-refractivity contribution in [2.45, 2.75) is 53.4 Å². The van der Waals surface area contributed by atoms with Crippen LogP contribution in [0.4, 0.5) is 0 Å². The van der Waals surface area contributed by atoms with Crippen LogP contribution in [0.25, 0.3) is 22.5 Å². The predicted octanol–water partition coefficient (Wildman–Crippen LogP) is 6.56. The van der Waals surface area contributed by atoms with Crippen LogP contribution in [0.2, 0.25) is 0 Å². The first-order valence-electron chi connectivity index (χ1n) is 14.9. The molecule has 1 aromatic heterocycles. The summed E-state index contributed by atoms with van der Waals surface area (Å²) in [6.07, 6.45) is 2.44. The monoisotopic (exact) mass is 560 g/mol. The van der Waals surface area contributed by atoms with E-state index in [1.54, 1.807) is 0 Å². The number of fused-ring (bicyclic) bond motifs is 1. The number of hydrogen-bond acceptors (Lipinski definition) is 7. The van der Waals surface area contributed by atoms with E-state index in [9.17, 15) is 0 Å². The molecule has 8 heteroatoms. The Morgan fingerprint density at radius 3 is 2.24 bits per heavy atom. The second-order valence-corrected chi connectivity index (χ2v) is 12.1. The lowest BCUT2D eigenvalue weighted by Gasteiger charge is -2.41. The fourth-order valence-corrected chi connectivity index (χ4v) is 5.99. The van der Waals surface area contributed by atoms with Crippen LogP contribution in [0.5, 0.6) is 0 Å². The van der Waals surface area contributed by atoms with Gasteiger partial charge in [-0.05, 0) is 46.2 Å². The van der Waals surface area contributed by atoms with Gasteiger partial charge in [-0.25, -0.2) is 4.99 Å². The molecule has 0 amide bonds. The Kier molecular flexibility index (Phi) is 7.78. The van der Waals surface area contributed by atoms with Crippen LogP contribution in [0.1, 0.15) is 51.8 Å². The number of aromatic amines is 1. The molecule has 0 radical (unpaired) electrons. The summed E-state index contributed by atoms with van der Waals surface area (Å²) < 4.78 is 0. The highest BCUT2D eigenvalue weighted by Crippen LogP contribution is 2.36. The van der Waals surface area contributed by atoms with Crippen molar-refractivity contribution in [3.63, 3.8) is 0 Å². The zero-order valence-corrected chi connectivity index (χ0v) is 25.1. The second-order valence-electron chi connectivity index (χ2n) is 12.1. The molecule has 2 atom stereocenters. The molecule has 0 saturated carbocycles. The predicted molar refractivity (Wildman–Crippen MR) is 168 cm³/mol. The number of tetrazole rings is 1. The summed E-state index contributed by atoms with van der Waals surface area (Å²) in [7, 11) is 0. The van der Waals surface area contributed by atoms with E-state index in [-0.39, 0.29) is 12.2 Å². The minimum atomic E-state index is 0.0894. The molecule has 2 aliphatic rings. The summed E-state index contributed by atoms with van der Waals surface area (Å²) in [6, 6.07) is 28.1. The number of aromatic nitrogens is 4. The summed E-state index contributed by atoms with van der Waals surface area (Å²) >= 11 is 0. The van der Waals surface area contributed by atoms with Crippen LogP contribution in [-0.2, 0) is 6.54 Å². The average molecular weight is 561 g/mol. The Morgan fingerprint density at radius 1 is 0.857 bits per heavy atom. The van der Waals surface area contributed by atoms with Gasteiger partial charge in [-0.2, -0.15) is 5.21 Å². The maximum Gasteiger partial charge on any atom is 0.205 e. The number of nitrogens with one attached hydrogen (secondary N) is 1. The van der Waals surface area contributed by atoms with E-state index in [1.807, 2.05) is 18.2 Å². The van der Waals surface area contributed by atoms with Gasteiger partial charge in [0.2, 0.25) is 5.82 Å². The van der Waals surface area contributed by atoms with Crippen LogP contribution in [-0.4, -0.2) is 60.5 Å². The number of amidine groups is 1. The molecule has 3 aromatic carbocycles. The average Bonchev–Trinajstić information content (AvgIpc) is 3.67. The number of H-pyrrole nitrogens is 1. The van der Waals surface area contributed by atoms with Crippen molar-refractivity contribution in [3.8, 4) is 22.5 Å². The number of hydrogen-bond donors (Lipinski definition) is 1. The summed E-state index contributed by atoms with van der Waals surface area (Å²) in [5.41, 5.74) is 6.96. The van der Waals surface area contributed by atoms with Crippen molar-refractivity contribution in [1.29, 1.82) is 0 Å². The van der Waals surface area contributed by atoms with Crippen molar-refractivity contribution in [2.75, 3.05) is 13.2 Å². The maximum atomic E-state index is 5.34. The smallest absolute Gasteiger partial charge is 0.205 e. The standard InChI is InChI=1S/C34H40N8/c1-23(2)19-41-22-40(25(5)27-11-7-6-8-12-27)21-31-34(41)35-33(24(3)4)42(31)20-26-15-17-28(18-16-26)29-13-9-10-14-30(29)32-36-38-39-37-32/h6-18,21,23-25,33H,19-20,22H2,1-5H3,(H,36,37,38,39). The number of benzene rings is 3. The molecule has 8 nitrogen and oxygen atoms in total. The zero-order chi connectivity index (χ0) is 29.2. The van der Waals surface area contributed by atoms with E-state index >= 15 is 0 Å². The highest BCUT2D eigenvalue weighted by Gasteiger charge is 2.39. The lowest BCUT2D eigenvalue weighted by Crippen LogP contribution is -2.48. The van der Waals surface area contributed by atoms with Crippen molar-refractivity contribution in [3.05, 3.63) is 102 Å². The van der Waals surface area contributed by atoms with E-state index < -0.39 is 0 Å². The molecule has 3 heterocycles. The molecule has 42 heavy (non-hydrogen) atoms. The van der Waals surface area contributed by atoms with Gasteiger partial charge in [0.25, 0.3) is 0 Å². The van der Waals surface area contributed by atoms with Crippen LogP contribution < -0.4 is 0 Å². The Labute approximate surface area is 248 Å². The zero-order valence-electron chi connectivity index (χ0n) is 25.1. The third-order valence-electron chi connectivity index (χ3n) is 8.13. The quantitative estimate of drug-likeness (QED) is 0.250. The first-order valence-corrected chi connectivity index (χ1v) is 14.9. The molecule has 0 aliphatic carbocycles. The lowest BCUT2D eigenvalue weighted by molar-refractivity contribution is 0.168. The van der Waals surface area contributed by atoms with Crippen molar-refractivity contribution < 1.29 is 0 Å². The lowest BCUT2D eigenvalue weighted by atomic mass is 9.98. The SMILES string of the molecule is CC(C)CN1CN(C(C)c2ccccc2)C=C2C1=NC(C(C)C)N2Cc1ccc(-c2ccccc2-c2nn[nH]n2)cc1. The molecule has 216 valence electrons. The van der Waals surface area contributed by atoms with Crippen molar-refractivity contribution in [1.82, 2.24) is 35.3 Å². The third kappa shape index (κ3) is 5.53. The van der Waals surface area contributed by atoms with Gasteiger partial charge in [-0.15, -0.1) is 10.2 Å². The minimum Gasteiger partial charge on any atom is -0.351 e. The normalized spacial score (nSPS) is 17.5. The van der Waals surface area contributed by atoms with Gasteiger partial charge >= 0.3 is 0 Å². The highest BCUT2D eigenvalue weighted by atomic mass is 15.5. The summed E-state index contributed by atoms with van der Waals surface area (Å²) in [5, 5.41) is 14.7. The maximum absolute atomic E-state index is 5.34. The Hall–Kier alpha value is -4.46. The van der Waals surface area contributed by atoms with Crippen LogP contribution in [0.3, 0.4) is 0 Å². The number of nitrogens with zero attached hydrogens (tertiary/aromatic N) is 7. The van der Waals surface area contributed by atoms with Gasteiger partial charge in [0.15, 0.2) is 5.84 Å². The van der Waals surface area contributed by atoms with Crippen molar-refractivity contribution >= 4 is 5.84 Å². The molecule has 0 saturated heterocycles. The van der Waals surface area contributed by atoms with Gasteiger partial charge in [0.05, 0.1) is 18.4 Å². The summed E-state index contributed by atoms with van der Waals surface area (Å²) in [4.78, 5) is 12.8. The first-order chi connectivity index (χ1) is 20.4. The van der Waals surface area contributed by atoms with E-state index in [2.05, 4.69) is 137 Å². The molecular weight excluding hydrogens is 520 g/mol. The number of rotatable bonds is 9. The minimum absolute atomic E-state index is 0.0894. The Morgan fingerprint density at radius 2 is 1.57 bits per heavy atom. The Bertz CT molecular complexity index is 1540. The van der Waals surface area contributed by atoms with Crippen LogP contribution >= 0.6 is 0 Å². The summed E-state index contributed by atoms with van der Waals surface area (Å²) in [6.45, 7) is 14.0. The highest BCUT2D eigenvalue weighted by molar-refractivity contribution is 6.00. The molecule has 0 spiro atoms. The van der Waals surface area contributed by atoms with E-state index in [4.69, 9.17) is 4.99 Å². The van der Waals surface area contributed by atoms with E-state index in [0.29, 0.717) is 17.7 Å². The molecule has 2 aliphatic heterocycles. The topological polar surface area (TPSA) is 76.5 Å². The molecular formula is C34H40N8. The largest absolute Gasteiger partial charge is 0.351 e. The molecule has 4 aromatic rings. The fraction of sp³-hybridized carbons (Fsp3) is 0.353. The van der Waals surface area contributed by atoms with E-state index in [1.165, 1.54) is 16.8 Å². The first kappa shape index (κ1) is 27.7. The van der Waals surface area contributed by atoms with Crippen molar-refractivity contribution in [2.24, 2.45) is 16.8 Å². The van der Waals surface area contributed by atoms with Gasteiger partial charge in [0, 0.05) is 24.9 Å². The Balaban J connectivity index is 1.31. The molecule has 6 rings (SSSR count). The van der Waals surface area contributed by atoms with Gasteiger partial charge in [-0.3, -0.25) is 0 Å². The molecule has 0 bridgehead atoms.